The van der Waals surface area contributed by atoms with Crippen molar-refractivity contribution in [1.82, 2.24) is 0 Å². The van der Waals surface area contributed by atoms with E-state index in [-0.39, 0.29) is 16.4 Å². The molecular weight excluding hydrogens is 256 g/mol. The molecule has 0 aromatic heterocycles. The summed E-state index contributed by atoms with van der Waals surface area (Å²) in [5, 5.41) is 0. The SMILES string of the molecule is O=S(=O)(O)c1cccc2c1Oc1ccccc1O2. The Labute approximate surface area is 103 Å². The summed E-state index contributed by atoms with van der Waals surface area (Å²) in [5.41, 5.74) is 0. The average Bonchev–Trinajstić information content (AvgIpc) is 2.34. The monoisotopic (exact) mass is 264 g/mol. The zero-order valence-corrected chi connectivity index (χ0v) is 9.85. The summed E-state index contributed by atoms with van der Waals surface area (Å²) < 4.78 is 42.6. The highest BCUT2D eigenvalue weighted by Crippen LogP contribution is 2.47. The first kappa shape index (κ1) is 11.1. The molecule has 3 rings (SSSR count). The van der Waals surface area contributed by atoms with Crippen LogP contribution in [0, 0.1) is 0 Å². The lowest BCUT2D eigenvalue weighted by Crippen LogP contribution is -2.05. The van der Waals surface area contributed by atoms with Crippen molar-refractivity contribution < 1.29 is 22.4 Å². The summed E-state index contributed by atoms with van der Waals surface area (Å²) in [6.45, 7) is 0. The Hall–Kier alpha value is -2.05. The molecule has 1 N–H and O–H groups in total. The van der Waals surface area contributed by atoms with Crippen molar-refractivity contribution >= 4 is 10.1 Å². The summed E-state index contributed by atoms with van der Waals surface area (Å²) in [5.74, 6) is 1.15. The first-order valence-corrected chi connectivity index (χ1v) is 6.55. The fraction of sp³-hybridized carbons (Fsp3) is 0. The molecule has 2 aromatic rings. The van der Waals surface area contributed by atoms with Crippen molar-refractivity contribution in [2.24, 2.45) is 0 Å². The van der Waals surface area contributed by atoms with E-state index in [1.165, 1.54) is 12.1 Å². The Morgan fingerprint density at radius 2 is 1.44 bits per heavy atom. The van der Waals surface area contributed by atoms with Gasteiger partial charge in [-0.3, -0.25) is 4.55 Å². The highest BCUT2D eigenvalue weighted by molar-refractivity contribution is 7.86. The molecule has 0 bridgehead atoms. The van der Waals surface area contributed by atoms with Crippen molar-refractivity contribution in [3.05, 3.63) is 42.5 Å². The molecular formula is C12H8O5S. The number of hydrogen-bond acceptors (Lipinski definition) is 4. The van der Waals surface area contributed by atoms with E-state index in [4.69, 9.17) is 14.0 Å². The number of benzene rings is 2. The van der Waals surface area contributed by atoms with Gasteiger partial charge < -0.3 is 9.47 Å². The van der Waals surface area contributed by atoms with Crippen LogP contribution in [0.4, 0.5) is 0 Å². The van der Waals surface area contributed by atoms with Gasteiger partial charge in [-0.15, -0.1) is 0 Å². The molecule has 0 spiro atoms. The third-order valence-electron chi connectivity index (χ3n) is 2.50. The molecule has 5 nitrogen and oxygen atoms in total. The number of hydrogen-bond donors (Lipinski definition) is 1. The third kappa shape index (κ3) is 1.71. The minimum atomic E-state index is -4.35. The molecule has 0 aliphatic carbocycles. The van der Waals surface area contributed by atoms with Gasteiger partial charge in [0, 0.05) is 0 Å². The van der Waals surface area contributed by atoms with Crippen LogP contribution in [0.1, 0.15) is 0 Å². The van der Waals surface area contributed by atoms with Crippen LogP contribution in [0.3, 0.4) is 0 Å². The van der Waals surface area contributed by atoms with Crippen molar-refractivity contribution in [1.29, 1.82) is 0 Å². The van der Waals surface area contributed by atoms with Gasteiger partial charge in [0.15, 0.2) is 23.0 Å². The second kappa shape index (κ2) is 3.72. The smallest absolute Gasteiger partial charge is 0.298 e. The molecule has 0 saturated heterocycles. The lowest BCUT2D eigenvalue weighted by molar-refractivity contribution is 0.349. The first-order valence-electron chi connectivity index (χ1n) is 5.11. The van der Waals surface area contributed by atoms with Gasteiger partial charge in [0.05, 0.1) is 0 Å². The predicted octanol–water partition coefficient (Wildman–Crippen LogP) is 2.83. The van der Waals surface area contributed by atoms with Crippen LogP contribution in [0.25, 0.3) is 0 Å². The van der Waals surface area contributed by atoms with Gasteiger partial charge in [-0.05, 0) is 24.3 Å². The quantitative estimate of drug-likeness (QED) is 0.684. The zero-order chi connectivity index (χ0) is 12.8. The summed E-state index contributed by atoms with van der Waals surface area (Å²) in [7, 11) is -4.35. The summed E-state index contributed by atoms with van der Waals surface area (Å²) in [6, 6.07) is 11.2. The molecule has 1 heterocycles. The number of fused-ring (bicyclic) bond motifs is 2. The van der Waals surface area contributed by atoms with E-state index in [0.29, 0.717) is 11.5 Å². The van der Waals surface area contributed by atoms with Crippen LogP contribution in [0.2, 0.25) is 0 Å². The Kier molecular flexibility index (Phi) is 2.29. The number of ether oxygens (including phenoxy) is 2. The van der Waals surface area contributed by atoms with Crippen molar-refractivity contribution in [2.45, 2.75) is 4.90 Å². The Morgan fingerprint density at radius 1 is 0.833 bits per heavy atom. The zero-order valence-electron chi connectivity index (χ0n) is 9.03. The molecule has 0 saturated carbocycles. The van der Waals surface area contributed by atoms with Gasteiger partial charge in [0.25, 0.3) is 10.1 Å². The predicted molar refractivity (Wildman–Crippen MR) is 62.8 cm³/mol. The molecule has 0 amide bonds. The molecule has 0 fully saturated rings. The van der Waals surface area contributed by atoms with E-state index < -0.39 is 10.1 Å². The third-order valence-corrected chi connectivity index (χ3v) is 3.38. The highest BCUT2D eigenvalue weighted by atomic mass is 32.2. The normalized spacial score (nSPS) is 12.9. The van der Waals surface area contributed by atoms with Gasteiger partial charge in [-0.2, -0.15) is 8.42 Å². The van der Waals surface area contributed by atoms with E-state index >= 15 is 0 Å². The van der Waals surface area contributed by atoms with Crippen LogP contribution in [0.15, 0.2) is 47.4 Å². The maximum atomic E-state index is 11.2. The van der Waals surface area contributed by atoms with Crippen LogP contribution in [-0.4, -0.2) is 13.0 Å². The minimum absolute atomic E-state index is 0.00120. The molecule has 1 aliphatic heterocycles. The molecule has 0 unspecified atom stereocenters. The molecule has 1 aliphatic rings. The topological polar surface area (TPSA) is 72.8 Å². The summed E-state index contributed by atoms with van der Waals surface area (Å²) in [6.07, 6.45) is 0. The van der Waals surface area contributed by atoms with E-state index in [9.17, 15) is 8.42 Å². The van der Waals surface area contributed by atoms with Gasteiger partial charge in [-0.1, -0.05) is 18.2 Å². The molecule has 2 aromatic carbocycles. The van der Waals surface area contributed by atoms with E-state index in [1.54, 1.807) is 30.3 Å². The second-order valence-corrected chi connectivity index (χ2v) is 5.10. The molecule has 18 heavy (non-hydrogen) atoms. The van der Waals surface area contributed by atoms with Gasteiger partial charge in [-0.25, -0.2) is 0 Å². The Morgan fingerprint density at radius 3 is 2.11 bits per heavy atom. The fourth-order valence-electron chi connectivity index (χ4n) is 1.73. The van der Waals surface area contributed by atoms with E-state index in [2.05, 4.69) is 0 Å². The average molecular weight is 264 g/mol. The minimum Gasteiger partial charge on any atom is -0.449 e. The van der Waals surface area contributed by atoms with Gasteiger partial charge >= 0.3 is 0 Å². The van der Waals surface area contributed by atoms with Crippen molar-refractivity contribution in [3.8, 4) is 23.0 Å². The first-order chi connectivity index (χ1) is 8.55. The molecule has 92 valence electrons. The van der Waals surface area contributed by atoms with Crippen molar-refractivity contribution in [3.63, 3.8) is 0 Å². The van der Waals surface area contributed by atoms with Crippen LogP contribution in [0.5, 0.6) is 23.0 Å². The highest BCUT2D eigenvalue weighted by Gasteiger charge is 2.26. The number of para-hydroxylation sites is 3. The fourth-order valence-corrected chi connectivity index (χ4v) is 2.35. The standard InChI is InChI=1S/C12H8O5S/c13-18(14,15)11-7-3-6-10-12(11)17-9-5-2-1-4-8(9)16-10/h1-7H,(H,13,14,15). The molecule has 0 atom stereocenters. The van der Waals surface area contributed by atoms with E-state index in [0.717, 1.165) is 0 Å². The lowest BCUT2D eigenvalue weighted by Gasteiger charge is -2.21. The maximum absolute atomic E-state index is 11.2. The van der Waals surface area contributed by atoms with Gasteiger partial charge in [0.2, 0.25) is 0 Å². The Balaban J connectivity index is 2.20. The van der Waals surface area contributed by atoms with Gasteiger partial charge in [0.1, 0.15) is 4.90 Å². The van der Waals surface area contributed by atoms with Crippen LogP contribution < -0.4 is 9.47 Å². The Bertz CT molecular complexity index is 721. The number of rotatable bonds is 1. The van der Waals surface area contributed by atoms with Crippen molar-refractivity contribution in [2.75, 3.05) is 0 Å². The largest absolute Gasteiger partial charge is 0.449 e. The maximum Gasteiger partial charge on any atom is 0.298 e. The van der Waals surface area contributed by atoms with Crippen LogP contribution >= 0.6 is 0 Å². The lowest BCUT2D eigenvalue weighted by atomic mass is 10.2. The van der Waals surface area contributed by atoms with Crippen LogP contribution in [-0.2, 0) is 10.1 Å². The summed E-state index contributed by atoms with van der Waals surface area (Å²) in [4.78, 5) is -0.311. The van der Waals surface area contributed by atoms with E-state index in [1.807, 2.05) is 0 Å². The summed E-state index contributed by atoms with van der Waals surface area (Å²) >= 11 is 0. The molecule has 0 radical (unpaired) electrons. The molecule has 6 heteroatoms. The second-order valence-electron chi connectivity index (χ2n) is 3.71.